The van der Waals surface area contributed by atoms with Crippen molar-refractivity contribution in [1.82, 2.24) is 20.3 Å². The van der Waals surface area contributed by atoms with E-state index in [1.165, 1.54) is 0 Å². The molecule has 0 saturated carbocycles. The van der Waals surface area contributed by atoms with Crippen molar-refractivity contribution in [2.75, 3.05) is 62.0 Å². The maximum absolute atomic E-state index is 12.2. The van der Waals surface area contributed by atoms with Gasteiger partial charge in [-0.25, -0.2) is 0 Å². The minimum Gasteiger partial charge on any atom is -0.378 e. The Morgan fingerprint density at radius 2 is 1.49 bits per heavy atom. The van der Waals surface area contributed by atoms with E-state index in [0.29, 0.717) is 63.9 Å². The molecule has 0 atom stereocenters. The van der Waals surface area contributed by atoms with Crippen LogP contribution >= 0.6 is 0 Å². The third-order valence-corrected chi connectivity index (χ3v) is 5.52. The van der Waals surface area contributed by atoms with Crippen LogP contribution in [-0.4, -0.2) is 66.9 Å². The number of aromatic nitrogens is 3. The van der Waals surface area contributed by atoms with Crippen molar-refractivity contribution in [3.05, 3.63) is 65.7 Å². The van der Waals surface area contributed by atoms with Gasteiger partial charge in [0.05, 0.1) is 32.8 Å². The van der Waals surface area contributed by atoms with Crippen LogP contribution in [0.1, 0.15) is 30.9 Å². The number of unbranched alkanes of at least 4 members (excludes halogenated alkanes) is 1. The van der Waals surface area contributed by atoms with Crippen molar-refractivity contribution in [3.8, 4) is 0 Å². The van der Waals surface area contributed by atoms with Crippen molar-refractivity contribution in [2.45, 2.75) is 32.7 Å². The zero-order chi connectivity index (χ0) is 27.5. The van der Waals surface area contributed by atoms with Crippen molar-refractivity contribution in [3.63, 3.8) is 0 Å². The largest absolute Gasteiger partial charge is 0.378 e. The summed E-state index contributed by atoms with van der Waals surface area (Å²) in [5, 5.41) is 12.7. The Labute approximate surface area is 230 Å². The molecule has 0 bridgehead atoms. The molecule has 6 N–H and O–H groups in total. The number of carbonyl (C=O) groups is 1. The number of hydrogen-bond acceptors (Lipinski definition) is 10. The van der Waals surface area contributed by atoms with E-state index in [0.717, 1.165) is 36.2 Å². The summed E-state index contributed by atoms with van der Waals surface area (Å²) in [6, 6.07) is 17.7. The highest BCUT2D eigenvalue weighted by atomic mass is 16.5. The molecule has 0 aliphatic heterocycles. The Hall–Kier alpha value is -3.80. The predicted molar refractivity (Wildman–Crippen MR) is 154 cm³/mol. The summed E-state index contributed by atoms with van der Waals surface area (Å²) in [5.41, 5.74) is 8.20. The van der Waals surface area contributed by atoms with Gasteiger partial charge >= 0.3 is 0 Å². The maximum Gasteiger partial charge on any atom is 0.233 e. The molecule has 11 heteroatoms. The number of nitrogens with zero attached hydrogens (tertiary/aromatic N) is 3. The Morgan fingerprint density at radius 3 is 2.21 bits per heavy atom. The van der Waals surface area contributed by atoms with E-state index in [4.69, 9.17) is 15.2 Å². The molecule has 0 radical (unpaired) electrons. The van der Waals surface area contributed by atoms with Crippen LogP contribution in [0, 0.1) is 0 Å². The highest BCUT2D eigenvalue weighted by molar-refractivity contribution is 5.78. The van der Waals surface area contributed by atoms with Crippen LogP contribution in [0.25, 0.3) is 0 Å². The number of nitrogens with two attached hydrogens (primary N) is 1. The molecule has 3 aromatic rings. The first kappa shape index (κ1) is 29.8. The number of nitrogens with one attached hydrogen (secondary N) is 4. The predicted octanol–water partition coefficient (Wildman–Crippen LogP) is 3.09. The van der Waals surface area contributed by atoms with E-state index in [-0.39, 0.29) is 12.3 Å². The number of ether oxygens (including phenoxy) is 2. The van der Waals surface area contributed by atoms with Crippen LogP contribution in [0.2, 0.25) is 0 Å². The number of carbonyl (C=O) groups excluding carboxylic acids is 1. The summed E-state index contributed by atoms with van der Waals surface area (Å²) < 4.78 is 10.7. The highest BCUT2D eigenvalue weighted by Crippen LogP contribution is 2.17. The second kappa shape index (κ2) is 17.7. The quantitative estimate of drug-likeness (QED) is 0.145. The van der Waals surface area contributed by atoms with Gasteiger partial charge in [0, 0.05) is 31.9 Å². The van der Waals surface area contributed by atoms with Gasteiger partial charge in [-0.1, -0.05) is 55.8 Å². The molecule has 3 rings (SSSR count). The van der Waals surface area contributed by atoms with Crippen molar-refractivity contribution in [2.24, 2.45) is 5.73 Å². The highest BCUT2D eigenvalue weighted by Gasteiger charge is 2.08. The summed E-state index contributed by atoms with van der Waals surface area (Å²) >= 11 is 0. The van der Waals surface area contributed by atoms with Gasteiger partial charge in [0.1, 0.15) is 0 Å². The van der Waals surface area contributed by atoms with Gasteiger partial charge in [0.15, 0.2) is 0 Å². The summed E-state index contributed by atoms with van der Waals surface area (Å²) in [6.45, 7) is 6.40. The molecule has 0 aliphatic carbocycles. The van der Waals surface area contributed by atoms with E-state index in [9.17, 15) is 4.79 Å². The van der Waals surface area contributed by atoms with E-state index in [1.54, 1.807) is 0 Å². The molecule has 1 amide bonds. The van der Waals surface area contributed by atoms with Gasteiger partial charge in [-0.2, -0.15) is 15.0 Å². The third kappa shape index (κ3) is 12.1. The molecular weight excluding hydrogens is 496 g/mol. The molecule has 0 aliphatic rings. The smallest absolute Gasteiger partial charge is 0.233 e. The van der Waals surface area contributed by atoms with Crippen molar-refractivity contribution >= 4 is 29.4 Å². The van der Waals surface area contributed by atoms with Gasteiger partial charge in [0.2, 0.25) is 23.8 Å². The SMILES string of the molecule is CCCCNc1nc(NCc2ccccc2)nc(Nc2ccc(CC(=O)NCCOCCOCCN)cc2)n1. The molecule has 1 aromatic heterocycles. The lowest BCUT2D eigenvalue weighted by atomic mass is 10.1. The summed E-state index contributed by atoms with van der Waals surface area (Å²) in [4.78, 5) is 25.8. The number of amides is 1. The number of anilines is 4. The fourth-order valence-corrected chi connectivity index (χ4v) is 3.49. The molecule has 2 aromatic carbocycles. The molecule has 1 heterocycles. The standard InChI is InChI=1S/C28H40N8O3/c1-2-3-14-31-26-34-27(32-21-23-7-5-4-6-8-23)36-28(35-26)33-24-11-9-22(10-12-24)20-25(37)30-15-17-39-19-18-38-16-13-29/h4-12H,2-3,13-21,29H2,1H3,(H,30,37)(H3,31,32,33,34,35,36). The fraction of sp³-hybridized carbons (Fsp3) is 0.429. The van der Waals surface area contributed by atoms with Gasteiger partial charge in [-0.3, -0.25) is 4.79 Å². The van der Waals surface area contributed by atoms with Crippen LogP contribution in [0.15, 0.2) is 54.6 Å². The first-order valence-corrected chi connectivity index (χ1v) is 13.4. The summed E-state index contributed by atoms with van der Waals surface area (Å²) in [5.74, 6) is 1.36. The van der Waals surface area contributed by atoms with E-state index < -0.39 is 0 Å². The van der Waals surface area contributed by atoms with E-state index in [1.807, 2.05) is 54.6 Å². The molecule has 0 saturated heterocycles. The van der Waals surface area contributed by atoms with Crippen LogP contribution in [0.5, 0.6) is 0 Å². The second-order valence-corrected chi connectivity index (χ2v) is 8.79. The van der Waals surface area contributed by atoms with Crippen LogP contribution in [0.3, 0.4) is 0 Å². The third-order valence-electron chi connectivity index (χ3n) is 5.52. The van der Waals surface area contributed by atoms with Gasteiger partial charge in [-0.05, 0) is 29.7 Å². The topological polar surface area (TPSA) is 148 Å². The Morgan fingerprint density at radius 1 is 0.795 bits per heavy atom. The minimum atomic E-state index is -0.0620. The molecule has 210 valence electrons. The molecule has 0 fully saturated rings. The first-order chi connectivity index (χ1) is 19.2. The molecule has 0 spiro atoms. The Bertz CT molecular complexity index is 1100. The molecular formula is C28H40N8O3. The molecule has 39 heavy (non-hydrogen) atoms. The van der Waals surface area contributed by atoms with Crippen LogP contribution in [-0.2, 0) is 27.2 Å². The first-order valence-electron chi connectivity index (χ1n) is 13.4. The fourth-order valence-electron chi connectivity index (χ4n) is 3.49. The Balaban J connectivity index is 1.50. The lowest BCUT2D eigenvalue weighted by Crippen LogP contribution is -2.29. The lowest BCUT2D eigenvalue weighted by molar-refractivity contribution is -0.120. The zero-order valence-electron chi connectivity index (χ0n) is 22.6. The Kier molecular flexibility index (Phi) is 13.5. The number of hydrogen-bond donors (Lipinski definition) is 5. The van der Waals surface area contributed by atoms with E-state index >= 15 is 0 Å². The normalized spacial score (nSPS) is 10.7. The molecule has 11 nitrogen and oxygen atoms in total. The average Bonchev–Trinajstić information content (AvgIpc) is 2.95. The average molecular weight is 537 g/mol. The number of rotatable bonds is 19. The van der Waals surface area contributed by atoms with Gasteiger partial charge in [0.25, 0.3) is 0 Å². The monoisotopic (exact) mass is 536 g/mol. The lowest BCUT2D eigenvalue weighted by Gasteiger charge is -2.12. The van der Waals surface area contributed by atoms with Gasteiger partial charge < -0.3 is 36.5 Å². The van der Waals surface area contributed by atoms with Crippen molar-refractivity contribution < 1.29 is 14.3 Å². The maximum atomic E-state index is 12.2. The molecule has 0 unspecified atom stereocenters. The second-order valence-electron chi connectivity index (χ2n) is 8.79. The number of benzene rings is 2. The van der Waals surface area contributed by atoms with E-state index in [2.05, 4.69) is 43.1 Å². The zero-order valence-corrected chi connectivity index (χ0v) is 22.6. The minimum absolute atomic E-state index is 0.0620. The summed E-state index contributed by atoms with van der Waals surface area (Å²) in [7, 11) is 0. The van der Waals surface area contributed by atoms with Crippen LogP contribution < -0.4 is 27.0 Å². The summed E-state index contributed by atoms with van der Waals surface area (Å²) in [6.07, 6.45) is 2.38. The van der Waals surface area contributed by atoms with Gasteiger partial charge in [-0.15, -0.1) is 0 Å². The van der Waals surface area contributed by atoms with Crippen LogP contribution in [0.4, 0.5) is 23.5 Å². The van der Waals surface area contributed by atoms with Crippen molar-refractivity contribution in [1.29, 1.82) is 0 Å².